The Hall–Kier alpha value is -2.19. The molecule has 21 heavy (non-hydrogen) atoms. The highest BCUT2D eigenvalue weighted by Gasteiger charge is 2.21. The van der Waals surface area contributed by atoms with Crippen LogP contribution >= 0.6 is 0 Å². The van der Waals surface area contributed by atoms with Crippen molar-refractivity contribution >= 4 is 10.8 Å². The van der Waals surface area contributed by atoms with Gasteiger partial charge in [-0.25, -0.2) is 0 Å². The van der Waals surface area contributed by atoms with E-state index < -0.39 is 0 Å². The highest BCUT2D eigenvalue weighted by atomic mass is 14.9. The smallest absolute Gasteiger partial charge is 0.0352 e. The van der Waals surface area contributed by atoms with Crippen LogP contribution in [0.2, 0.25) is 0 Å². The molecule has 0 saturated carbocycles. The van der Waals surface area contributed by atoms with Crippen LogP contribution in [0.3, 0.4) is 0 Å². The van der Waals surface area contributed by atoms with Gasteiger partial charge in [-0.3, -0.25) is 4.98 Å². The number of nitrogens with zero attached hydrogens (tertiary/aromatic N) is 1. The molecule has 104 valence electrons. The fourth-order valence-electron chi connectivity index (χ4n) is 3.45. The topological polar surface area (TPSA) is 24.9 Å². The monoisotopic (exact) mass is 274 g/mol. The number of fused-ring (bicyclic) bond motifs is 2. The zero-order chi connectivity index (χ0) is 14.2. The van der Waals surface area contributed by atoms with E-state index in [2.05, 4.69) is 52.8 Å². The van der Waals surface area contributed by atoms with Crippen LogP contribution in [0.4, 0.5) is 0 Å². The molecule has 0 bridgehead atoms. The number of aromatic nitrogens is 1. The van der Waals surface area contributed by atoms with Crippen LogP contribution in [0.15, 0.2) is 54.9 Å². The zero-order valence-corrected chi connectivity index (χ0v) is 12.1. The summed E-state index contributed by atoms with van der Waals surface area (Å²) in [5, 5.41) is 5.87. The molecular weight excluding hydrogens is 256 g/mol. The maximum atomic E-state index is 4.29. The first-order chi connectivity index (χ1) is 10.4. The summed E-state index contributed by atoms with van der Waals surface area (Å²) in [5.74, 6) is 0. The van der Waals surface area contributed by atoms with Crippen LogP contribution in [0.25, 0.3) is 21.9 Å². The summed E-state index contributed by atoms with van der Waals surface area (Å²) in [5.41, 5.74) is 5.51. The van der Waals surface area contributed by atoms with Gasteiger partial charge < -0.3 is 5.32 Å². The van der Waals surface area contributed by atoms with Crippen LogP contribution in [0, 0.1) is 0 Å². The average Bonchev–Trinajstić information content (AvgIpc) is 2.96. The Kier molecular flexibility index (Phi) is 2.97. The summed E-state index contributed by atoms with van der Waals surface area (Å²) in [4.78, 5) is 4.29. The van der Waals surface area contributed by atoms with E-state index in [9.17, 15) is 0 Å². The molecule has 1 heterocycles. The maximum absolute atomic E-state index is 4.29. The molecule has 0 amide bonds. The molecule has 2 nitrogen and oxygen atoms in total. The largest absolute Gasteiger partial charge is 0.313 e. The van der Waals surface area contributed by atoms with E-state index in [1.54, 1.807) is 0 Å². The standard InChI is InChI=1S/C19H18N2/c1-20-19-8-6-15-11-14(5-7-17(15)19)16-4-2-3-13-9-10-21-12-18(13)16/h2-5,7,9-12,19-20H,6,8H2,1H3. The lowest BCUT2D eigenvalue weighted by atomic mass is 9.96. The maximum Gasteiger partial charge on any atom is 0.0352 e. The molecule has 4 rings (SSSR count). The molecule has 1 atom stereocenters. The quantitative estimate of drug-likeness (QED) is 0.760. The predicted molar refractivity (Wildman–Crippen MR) is 87.3 cm³/mol. The van der Waals surface area contributed by atoms with Crippen molar-refractivity contribution in [1.29, 1.82) is 0 Å². The van der Waals surface area contributed by atoms with Crippen molar-refractivity contribution in [2.24, 2.45) is 0 Å². The molecular formula is C19H18N2. The molecule has 0 spiro atoms. The third-order valence-electron chi connectivity index (χ3n) is 4.56. The third-order valence-corrected chi connectivity index (χ3v) is 4.56. The minimum absolute atomic E-state index is 0.517. The number of aryl methyl sites for hydroxylation is 1. The van der Waals surface area contributed by atoms with E-state index >= 15 is 0 Å². The number of pyridine rings is 1. The van der Waals surface area contributed by atoms with Gasteiger partial charge in [-0.2, -0.15) is 0 Å². The molecule has 0 aliphatic heterocycles. The van der Waals surface area contributed by atoms with Gasteiger partial charge in [0.25, 0.3) is 0 Å². The normalized spacial score (nSPS) is 17.1. The summed E-state index contributed by atoms with van der Waals surface area (Å²) in [6, 6.07) is 15.9. The highest BCUT2D eigenvalue weighted by Crippen LogP contribution is 2.35. The Morgan fingerprint density at radius 3 is 3.00 bits per heavy atom. The molecule has 1 unspecified atom stereocenters. The molecule has 0 saturated heterocycles. The van der Waals surface area contributed by atoms with Gasteiger partial charge in [0.05, 0.1) is 0 Å². The van der Waals surface area contributed by atoms with E-state index in [1.807, 2.05) is 19.4 Å². The van der Waals surface area contributed by atoms with Crippen molar-refractivity contribution < 1.29 is 0 Å². The number of rotatable bonds is 2. The Labute approximate surface area is 124 Å². The van der Waals surface area contributed by atoms with Gasteiger partial charge in [-0.15, -0.1) is 0 Å². The lowest BCUT2D eigenvalue weighted by molar-refractivity contribution is 0.590. The van der Waals surface area contributed by atoms with Gasteiger partial charge >= 0.3 is 0 Å². The highest BCUT2D eigenvalue weighted by molar-refractivity contribution is 5.96. The van der Waals surface area contributed by atoms with Crippen molar-refractivity contribution in [1.82, 2.24) is 10.3 Å². The first kappa shape index (κ1) is 12.5. The molecule has 1 aromatic heterocycles. The van der Waals surface area contributed by atoms with Gasteiger partial charge in [0, 0.05) is 23.8 Å². The molecule has 1 aliphatic carbocycles. The van der Waals surface area contributed by atoms with E-state index in [0.29, 0.717) is 6.04 Å². The van der Waals surface area contributed by atoms with Gasteiger partial charge in [-0.1, -0.05) is 36.4 Å². The summed E-state index contributed by atoms with van der Waals surface area (Å²) in [6.07, 6.45) is 6.19. The first-order valence-corrected chi connectivity index (χ1v) is 7.50. The van der Waals surface area contributed by atoms with E-state index in [-0.39, 0.29) is 0 Å². The van der Waals surface area contributed by atoms with Crippen molar-refractivity contribution in [2.75, 3.05) is 7.05 Å². The Bertz CT molecular complexity index is 802. The van der Waals surface area contributed by atoms with Crippen LogP contribution in [-0.4, -0.2) is 12.0 Å². The van der Waals surface area contributed by atoms with Crippen molar-refractivity contribution in [2.45, 2.75) is 18.9 Å². The first-order valence-electron chi connectivity index (χ1n) is 7.50. The van der Waals surface area contributed by atoms with Crippen molar-refractivity contribution in [3.63, 3.8) is 0 Å². The summed E-state index contributed by atoms with van der Waals surface area (Å²) in [7, 11) is 2.05. The zero-order valence-electron chi connectivity index (χ0n) is 12.1. The van der Waals surface area contributed by atoms with Crippen LogP contribution in [-0.2, 0) is 6.42 Å². The lowest BCUT2D eigenvalue weighted by Gasteiger charge is -2.12. The van der Waals surface area contributed by atoms with Gasteiger partial charge in [0.1, 0.15) is 0 Å². The third kappa shape index (κ3) is 2.03. The van der Waals surface area contributed by atoms with E-state index in [0.717, 1.165) is 6.42 Å². The molecule has 2 heteroatoms. The van der Waals surface area contributed by atoms with Crippen LogP contribution in [0.5, 0.6) is 0 Å². The summed E-state index contributed by atoms with van der Waals surface area (Å²) >= 11 is 0. The van der Waals surface area contributed by atoms with Crippen LogP contribution < -0.4 is 5.32 Å². The SMILES string of the molecule is CNC1CCc2cc(-c3cccc4ccncc34)ccc21. The van der Waals surface area contributed by atoms with E-state index in [1.165, 1.54) is 39.4 Å². The number of hydrogen-bond acceptors (Lipinski definition) is 2. The van der Waals surface area contributed by atoms with E-state index in [4.69, 9.17) is 0 Å². The number of benzene rings is 2. The van der Waals surface area contributed by atoms with Crippen molar-refractivity contribution in [3.05, 3.63) is 66.0 Å². The molecule has 2 aromatic carbocycles. The molecule has 0 fully saturated rings. The molecule has 0 radical (unpaired) electrons. The fourth-order valence-corrected chi connectivity index (χ4v) is 3.45. The van der Waals surface area contributed by atoms with Crippen LogP contribution in [0.1, 0.15) is 23.6 Å². The Morgan fingerprint density at radius 2 is 2.10 bits per heavy atom. The predicted octanol–water partition coefficient (Wildman–Crippen LogP) is 4.11. The van der Waals surface area contributed by atoms with Gasteiger partial charge in [0.2, 0.25) is 0 Å². The minimum Gasteiger partial charge on any atom is -0.313 e. The van der Waals surface area contributed by atoms with Gasteiger partial charge in [0.15, 0.2) is 0 Å². The second kappa shape index (κ2) is 4.97. The van der Waals surface area contributed by atoms with Gasteiger partial charge in [-0.05, 0) is 53.6 Å². The van der Waals surface area contributed by atoms with Crippen molar-refractivity contribution in [3.8, 4) is 11.1 Å². The Balaban J connectivity index is 1.87. The lowest BCUT2D eigenvalue weighted by Crippen LogP contribution is -2.12. The minimum atomic E-state index is 0.517. The molecule has 1 aliphatic rings. The second-order valence-corrected chi connectivity index (χ2v) is 5.70. The number of hydrogen-bond donors (Lipinski definition) is 1. The number of nitrogens with one attached hydrogen (secondary N) is 1. The molecule has 3 aromatic rings. The average molecular weight is 274 g/mol. The fraction of sp³-hybridized carbons (Fsp3) is 0.211. The molecule has 1 N–H and O–H groups in total. The summed E-state index contributed by atoms with van der Waals surface area (Å²) in [6.45, 7) is 0. The summed E-state index contributed by atoms with van der Waals surface area (Å²) < 4.78 is 0. The second-order valence-electron chi connectivity index (χ2n) is 5.70. The Morgan fingerprint density at radius 1 is 1.14 bits per heavy atom.